The van der Waals surface area contributed by atoms with Gasteiger partial charge < -0.3 is 14.5 Å². The Morgan fingerprint density at radius 1 is 1.33 bits per heavy atom. The molecule has 1 saturated heterocycles. The van der Waals surface area contributed by atoms with Crippen LogP contribution >= 0.6 is 0 Å². The number of piperazine rings is 1. The van der Waals surface area contributed by atoms with E-state index in [1.54, 1.807) is 20.4 Å². The fourth-order valence-corrected chi connectivity index (χ4v) is 2.04. The van der Waals surface area contributed by atoms with Crippen LogP contribution in [0.3, 0.4) is 0 Å². The number of ether oxygens (including phenoxy) is 1. The van der Waals surface area contributed by atoms with Gasteiger partial charge in [0, 0.05) is 46.3 Å². The van der Waals surface area contributed by atoms with Crippen molar-refractivity contribution in [3.63, 3.8) is 0 Å². The van der Waals surface area contributed by atoms with Gasteiger partial charge >= 0.3 is 0 Å². The van der Waals surface area contributed by atoms with Crippen molar-refractivity contribution in [1.82, 2.24) is 14.9 Å². The van der Waals surface area contributed by atoms with Crippen LogP contribution < -0.4 is 4.90 Å². The lowest BCUT2D eigenvalue weighted by atomic mass is 10.3. The van der Waals surface area contributed by atoms with Gasteiger partial charge in [-0.1, -0.05) is 0 Å². The zero-order valence-electron chi connectivity index (χ0n) is 10.8. The first kappa shape index (κ1) is 12.8. The molecule has 0 unspecified atom stereocenters. The van der Waals surface area contributed by atoms with E-state index in [1.807, 2.05) is 11.0 Å². The molecule has 2 rings (SSSR count). The second-order valence-corrected chi connectivity index (χ2v) is 4.29. The fraction of sp³-hybridized carbons (Fsp3) is 0.583. The van der Waals surface area contributed by atoms with Gasteiger partial charge in [-0.3, -0.25) is 4.79 Å². The molecule has 98 valence electrons. The molecule has 0 atom stereocenters. The molecule has 0 saturated carbocycles. The SMILES string of the molecule is COCc1cc(N2CCN(C(C)=O)CC2)ncn1. The second-order valence-electron chi connectivity index (χ2n) is 4.29. The molecule has 2 heterocycles. The van der Waals surface area contributed by atoms with Gasteiger partial charge in [0.15, 0.2) is 0 Å². The van der Waals surface area contributed by atoms with E-state index in [2.05, 4.69) is 14.9 Å². The van der Waals surface area contributed by atoms with Crippen LogP contribution in [0.25, 0.3) is 0 Å². The fourth-order valence-electron chi connectivity index (χ4n) is 2.04. The van der Waals surface area contributed by atoms with E-state index >= 15 is 0 Å². The van der Waals surface area contributed by atoms with Gasteiger partial charge in [-0.15, -0.1) is 0 Å². The number of anilines is 1. The van der Waals surface area contributed by atoms with Gasteiger partial charge in [0.25, 0.3) is 0 Å². The van der Waals surface area contributed by atoms with E-state index in [9.17, 15) is 4.79 Å². The normalized spacial score (nSPS) is 15.9. The maximum absolute atomic E-state index is 11.2. The van der Waals surface area contributed by atoms with Crippen molar-refractivity contribution in [2.24, 2.45) is 0 Å². The summed E-state index contributed by atoms with van der Waals surface area (Å²) in [5, 5.41) is 0. The van der Waals surface area contributed by atoms with Crippen molar-refractivity contribution in [2.75, 3.05) is 38.2 Å². The monoisotopic (exact) mass is 250 g/mol. The Bertz CT molecular complexity index is 416. The Kier molecular flexibility index (Phi) is 4.09. The molecule has 0 N–H and O–H groups in total. The van der Waals surface area contributed by atoms with E-state index < -0.39 is 0 Å². The van der Waals surface area contributed by atoms with Crippen molar-refractivity contribution in [1.29, 1.82) is 0 Å². The topological polar surface area (TPSA) is 58.6 Å². The first-order chi connectivity index (χ1) is 8.70. The third kappa shape index (κ3) is 2.95. The number of hydrogen-bond donors (Lipinski definition) is 0. The highest BCUT2D eigenvalue weighted by molar-refractivity contribution is 5.73. The zero-order chi connectivity index (χ0) is 13.0. The molecule has 1 aliphatic rings. The Balaban J connectivity index is 2.00. The quantitative estimate of drug-likeness (QED) is 0.772. The summed E-state index contributed by atoms with van der Waals surface area (Å²) in [6.07, 6.45) is 1.56. The van der Waals surface area contributed by atoms with Gasteiger partial charge in [0.1, 0.15) is 12.1 Å². The predicted molar refractivity (Wildman–Crippen MR) is 67.2 cm³/mol. The number of nitrogens with zero attached hydrogens (tertiary/aromatic N) is 4. The Hall–Kier alpha value is -1.69. The molecule has 0 radical (unpaired) electrons. The number of carbonyl (C=O) groups is 1. The Morgan fingerprint density at radius 3 is 2.67 bits per heavy atom. The molecule has 18 heavy (non-hydrogen) atoms. The molecule has 0 aliphatic carbocycles. The molecule has 1 aliphatic heterocycles. The minimum Gasteiger partial charge on any atom is -0.378 e. The van der Waals surface area contributed by atoms with Crippen molar-refractivity contribution in [3.05, 3.63) is 18.1 Å². The van der Waals surface area contributed by atoms with E-state index in [0.29, 0.717) is 6.61 Å². The van der Waals surface area contributed by atoms with Crippen LogP contribution in [0.15, 0.2) is 12.4 Å². The molecule has 0 aromatic carbocycles. The van der Waals surface area contributed by atoms with E-state index in [4.69, 9.17) is 4.74 Å². The van der Waals surface area contributed by atoms with Gasteiger partial charge in [0.2, 0.25) is 5.91 Å². The summed E-state index contributed by atoms with van der Waals surface area (Å²) < 4.78 is 5.06. The standard InChI is InChI=1S/C12H18N4O2/c1-10(17)15-3-5-16(6-4-15)12-7-11(8-18-2)13-9-14-12/h7,9H,3-6,8H2,1-2H3. The Morgan fingerprint density at radius 2 is 2.06 bits per heavy atom. The average Bonchev–Trinajstić information content (AvgIpc) is 2.39. The average molecular weight is 250 g/mol. The number of rotatable bonds is 3. The van der Waals surface area contributed by atoms with Crippen LogP contribution in [-0.4, -0.2) is 54.1 Å². The number of carbonyl (C=O) groups excluding carboxylic acids is 1. The predicted octanol–water partition coefficient (Wildman–Crippen LogP) is 0.291. The molecular formula is C12H18N4O2. The highest BCUT2D eigenvalue weighted by atomic mass is 16.5. The summed E-state index contributed by atoms with van der Waals surface area (Å²) in [4.78, 5) is 23.7. The summed E-state index contributed by atoms with van der Waals surface area (Å²) in [5.41, 5.74) is 0.872. The Labute approximate surface area is 107 Å². The molecule has 0 spiro atoms. The molecule has 1 amide bonds. The highest BCUT2D eigenvalue weighted by Crippen LogP contribution is 2.14. The molecule has 1 aromatic rings. The third-order valence-corrected chi connectivity index (χ3v) is 3.05. The summed E-state index contributed by atoms with van der Waals surface area (Å²) in [6, 6.07) is 1.94. The second kappa shape index (κ2) is 5.77. The van der Waals surface area contributed by atoms with Crippen molar-refractivity contribution >= 4 is 11.7 Å². The van der Waals surface area contributed by atoms with Crippen LogP contribution in [0.5, 0.6) is 0 Å². The lowest BCUT2D eigenvalue weighted by molar-refractivity contribution is -0.129. The number of hydrogen-bond acceptors (Lipinski definition) is 5. The molecule has 1 fully saturated rings. The maximum Gasteiger partial charge on any atom is 0.219 e. The van der Waals surface area contributed by atoms with Crippen molar-refractivity contribution in [3.8, 4) is 0 Å². The molecule has 0 bridgehead atoms. The summed E-state index contributed by atoms with van der Waals surface area (Å²) in [6.45, 7) is 5.21. The first-order valence-electron chi connectivity index (χ1n) is 6.01. The third-order valence-electron chi connectivity index (χ3n) is 3.05. The first-order valence-corrected chi connectivity index (χ1v) is 6.01. The van der Waals surface area contributed by atoms with E-state index in [-0.39, 0.29) is 5.91 Å². The van der Waals surface area contributed by atoms with Gasteiger partial charge in [-0.2, -0.15) is 0 Å². The van der Waals surface area contributed by atoms with Crippen LogP contribution in [-0.2, 0) is 16.1 Å². The van der Waals surface area contributed by atoms with Crippen LogP contribution in [0, 0.1) is 0 Å². The minimum atomic E-state index is 0.136. The smallest absolute Gasteiger partial charge is 0.219 e. The highest BCUT2D eigenvalue weighted by Gasteiger charge is 2.19. The number of methoxy groups -OCH3 is 1. The van der Waals surface area contributed by atoms with E-state index in [0.717, 1.165) is 37.7 Å². The van der Waals surface area contributed by atoms with Crippen LogP contribution in [0.2, 0.25) is 0 Å². The van der Waals surface area contributed by atoms with Crippen molar-refractivity contribution in [2.45, 2.75) is 13.5 Å². The van der Waals surface area contributed by atoms with Crippen LogP contribution in [0.1, 0.15) is 12.6 Å². The summed E-state index contributed by atoms with van der Waals surface area (Å²) in [5.74, 6) is 1.04. The lowest BCUT2D eigenvalue weighted by Crippen LogP contribution is -2.48. The van der Waals surface area contributed by atoms with Gasteiger partial charge in [-0.05, 0) is 0 Å². The lowest BCUT2D eigenvalue weighted by Gasteiger charge is -2.34. The van der Waals surface area contributed by atoms with Crippen LogP contribution in [0.4, 0.5) is 5.82 Å². The van der Waals surface area contributed by atoms with Gasteiger partial charge in [-0.25, -0.2) is 9.97 Å². The molecule has 6 heteroatoms. The number of amides is 1. The molecule has 6 nitrogen and oxygen atoms in total. The number of aromatic nitrogens is 2. The maximum atomic E-state index is 11.2. The summed E-state index contributed by atoms with van der Waals surface area (Å²) in [7, 11) is 1.65. The molecule has 1 aromatic heterocycles. The van der Waals surface area contributed by atoms with Crippen molar-refractivity contribution < 1.29 is 9.53 Å². The summed E-state index contributed by atoms with van der Waals surface area (Å²) >= 11 is 0. The molecular weight excluding hydrogens is 232 g/mol. The van der Waals surface area contributed by atoms with Gasteiger partial charge in [0.05, 0.1) is 12.3 Å². The van der Waals surface area contributed by atoms with E-state index in [1.165, 1.54) is 0 Å². The minimum absolute atomic E-state index is 0.136. The largest absolute Gasteiger partial charge is 0.378 e. The zero-order valence-corrected chi connectivity index (χ0v) is 10.8.